The number of carbonyl (C=O) groups is 1. The van der Waals surface area contributed by atoms with E-state index < -0.39 is 23.5 Å². The van der Waals surface area contributed by atoms with Crippen LogP contribution in [0.2, 0.25) is 0 Å². The third-order valence-electron chi connectivity index (χ3n) is 3.32. The van der Waals surface area contributed by atoms with Gasteiger partial charge in [-0.2, -0.15) is 5.10 Å². The maximum absolute atomic E-state index is 13.6. The quantitative estimate of drug-likeness (QED) is 0.745. The van der Waals surface area contributed by atoms with E-state index >= 15 is 0 Å². The Morgan fingerprint density at radius 3 is 2.32 bits per heavy atom. The fourth-order valence-corrected chi connectivity index (χ4v) is 2.23. The first-order valence-electron chi connectivity index (χ1n) is 7.28. The van der Waals surface area contributed by atoms with Crippen molar-refractivity contribution in [1.82, 2.24) is 9.78 Å². The maximum atomic E-state index is 13.6. The first kappa shape index (κ1) is 16.6. The average molecular weight is 346 g/mol. The van der Waals surface area contributed by atoms with E-state index in [1.54, 1.807) is 13.0 Å². The Hall–Kier alpha value is -3.29. The van der Waals surface area contributed by atoms with Gasteiger partial charge in [0.25, 0.3) is 0 Å². The van der Waals surface area contributed by atoms with Crippen molar-refractivity contribution in [2.45, 2.75) is 6.92 Å². The van der Waals surface area contributed by atoms with Crippen LogP contribution in [0.15, 0.2) is 48.5 Å². The molecular formula is C17H13F3N4O. The number of benzene rings is 2. The second-order valence-corrected chi connectivity index (χ2v) is 5.26. The number of hydrogen-bond acceptors (Lipinski definition) is 2. The Balaban J connectivity index is 1.81. The number of anilines is 2. The molecule has 0 saturated heterocycles. The van der Waals surface area contributed by atoms with E-state index in [-0.39, 0.29) is 5.69 Å². The number of aromatic nitrogens is 2. The van der Waals surface area contributed by atoms with E-state index in [2.05, 4.69) is 15.7 Å². The van der Waals surface area contributed by atoms with Gasteiger partial charge in [-0.3, -0.25) is 5.32 Å². The second-order valence-electron chi connectivity index (χ2n) is 5.26. The van der Waals surface area contributed by atoms with Crippen molar-refractivity contribution in [3.63, 3.8) is 0 Å². The molecule has 0 fully saturated rings. The number of nitrogens with zero attached hydrogens (tertiary/aromatic N) is 2. The van der Waals surface area contributed by atoms with E-state index in [4.69, 9.17) is 0 Å². The first-order valence-corrected chi connectivity index (χ1v) is 7.28. The smallest absolute Gasteiger partial charge is 0.305 e. The lowest BCUT2D eigenvalue weighted by atomic mass is 10.3. The molecule has 1 aromatic heterocycles. The van der Waals surface area contributed by atoms with Crippen molar-refractivity contribution in [3.8, 4) is 5.69 Å². The predicted molar refractivity (Wildman–Crippen MR) is 87.3 cm³/mol. The zero-order chi connectivity index (χ0) is 18.0. The molecule has 5 nitrogen and oxygen atoms in total. The minimum absolute atomic E-state index is 0.163. The molecule has 0 bridgehead atoms. The lowest BCUT2D eigenvalue weighted by Gasteiger charge is -2.10. The lowest BCUT2D eigenvalue weighted by molar-refractivity contribution is 0.262. The van der Waals surface area contributed by atoms with E-state index in [1.165, 1.54) is 28.9 Å². The van der Waals surface area contributed by atoms with Crippen LogP contribution in [0.4, 0.5) is 29.5 Å². The summed E-state index contributed by atoms with van der Waals surface area (Å²) in [7, 11) is 0. The third kappa shape index (κ3) is 3.79. The number of hydrogen-bond donors (Lipinski definition) is 2. The molecule has 0 aliphatic carbocycles. The minimum atomic E-state index is -0.890. The Kier molecular flexibility index (Phi) is 4.42. The Labute approximate surface area is 141 Å². The predicted octanol–water partition coefficient (Wildman–Crippen LogP) is 4.24. The Morgan fingerprint density at radius 2 is 1.64 bits per heavy atom. The number of amides is 2. The molecule has 0 atom stereocenters. The van der Waals surface area contributed by atoms with Crippen LogP contribution in [0.25, 0.3) is 5.69 Å². The highest BCUT2D eigenvalue weighted by molar-refractivity contribution is 5.99. The zero-order valence-corrected chi connectivity index (χ0v) is 13.1. The monoisotopic (exact) mass is 346 g/mol. The summed E-state index contributed by atoms with van der Waals surface area (Å²) in [6.45, 7) is 1.72. The van der Waals surface area contributed by atoms with Gasteiger partial charge in [-0.1, -0.05) is 0 Å². The molecule has 128 valence electrons. The molecule has 2 N–H and O–H groups in total. The summed E-state index contributed by atoms with van der Waals surface area (Å²) in [5.41, 5.74) is 0.994. The van der Waals surface area contributed by atoms with Crippen LogP contribution in [0, 0.1) is 24.4 Å². The van der Waals surface area contributed by atoms with E-state index in [0.29, 0.717) is 23.3 Å². The summed E-state index contributed by atoms with van der Waals surface area (Å²) in [6.07, 6.45) is 0. The molecule has 1 heterocycles. The van der Waals surface area contributed by atoms with Crippen molar-refractivity contribution in [2.24, 2.45) is 0 Å². The van der Waals surface area contributed by atoms with Crippen molar-refractivity contribution in [2.75, 3.05) is 10.6 Å². The summed E-state index contributed by atoms with van der Waals surface area (Å²) < 4.78 is 41.0. The Morgan fingerprint density at radius 1 is 0.960 bits per heavy atom. The highest BCUT2D eigenvalue weighted by Gasteiger charge is 2.13. The van der Waals surface area contributed by atoms with Crippen molar-refractivity contribution in [3.05, 3.63) is 71.7 Å². The molecule has 2 amide bonds. The van der Waals surface area contributed by atoms with Gasteiger partial charge in [0.05, 0.1) is 17.1 Å². The summed E-state index contributed by atoms with van der Waals surface area (Å²) in [5.74, 6) is -1.72. The Bertz CT molecular complexity index is 922. The van der Waals surface area contributed by atoms with Crippen molar-refractivity contribution >= 4 is 17.5 Å². The van der Waals surface area contributed by atoms with Gasteiger partial charge in [-0.25, -0.2) is 22.6 Å². The molecule has 0 unspecified atom stereocenters. The summed E-state index contributed by atoms with van der Waals surface area (Å²) in [5, 5.41) is 9.05. The van der Waals surface area contributed by atoms with Gasteiger partial charge in [0.1, 0.15) is 23.3 Å². The lowest BCUT2D eigenvalue weighted by Crippen LogP contribution is -2.22. The molecule has 0 aliphatic rings. The molecule has 2 aromatic carbocycles. The molecule has 0 saturated carbocycles. The summed E-state index contributed by atoms with van der Waals surface area (Å²) >= 11 is 0. The summed E-state index contributed by atoms with van der Waals surface area (Å²) in [6, 6.07) is 9.24. The second kappa shape index (κ2) is 6.68. The molecule has 3 aromatic rings. The molecule has 0 spiro atoms. The molecule has 25 heavy (non-hydrogen) atoms. The fraction of sp³-hybridized carbons (Fsp3) is 0.0588. The normalized spacial score (nSPS) is 10.6. The van der Waals surface area contributed by atoms with Crippen LogP contribution in [0.3, 0.4) is 0 Å². The first-order chi connectivity index (χ1) is 11.9. The van der Waals surface area contributed by atoms with Gasteiger partial charge < -0.3 is 5.32 Å². The summed E-state index contributed by atoms with van der Waals surface area (Å²) in [4.78, 5) is 12.1. The van der Waals surface area contributed by atoms with Crippen molar-refractivity contribution < 1.29 is 18.0 Å². The van der Waals surface area contributed by atoms with Crippen LogP contribution in [0.1, 0.15) is 5.69 Å². The minimum Gasteiger partial charge on any atom is -0.305 e. The van der Waals surface area contributed by atoms with Crippen LogP contribution < -0.4 is 10.6 Å². The van der Waals surface area contributed by atoms with Gasteiger partial charge in [-0.15, -0.1) is 0 Å². The zero-order valence-electron chi connectivity index (χ0n) is 13.1. The number of carbonyl (C=O) groups excluding carboxylic acids is 1. The standard InChI is InChI=1S/C17H13F3N4O/c1-10-8-16(24(23-10)13-5-2-11(18)3-6-13)22-17(25)21-15-7-4-12(19)9-14(15)20/h2-9H,1H3,(H2,21,22,25). The molecular weight excluding hydrogens is 333 g/mol. The van der Waals surface area contributed by atoms with E-state index in [0.717, 1.165) is 12.1 Å². The highest BCUT2D eigenvalue weighted by Crippen LogP contribution is 2.19. The van der Waals surface area contributed by atoms with Crippen molar-refractivity contribution in [1.29, 1.82) is 0 Å². The fourth-order valence-electron chi connectivity index (χ4n) is 2.23. The number of nitrogens with one attached hydrogen (secondary N) is 2. The molecule has 3 rings (SSSR count). The number of aryl methyl sites for hydroxylation is 1. The maximum Gasteiger partial charge on any atom is 0.324 e. The van der Waals surface area contributed by atoms with Gasteiger partial charge in [0, 0.05) is 12.1 Å². The number of urea groups is 1. The van der Waals surface area contributed by atoms with Gasteiger partial charge in [0.2, 0.25) is 0 Å². The topological polar surface area (TPSA) is 59.0 Å². The van der Waals surface area contributed by atoms with Crippen LogP contribution in [-0.4, -0.2) is 15.8 Å². The molecule has 0 radical (unpaired) electrons. The number of rotatable bonds is 3. The van der Waals surface area contributed by atoms with Gasteiger partial charge in [-0.05, 0) is 43.3 Å². The number of halogens is 3. The highest BCUT2D eigenvalue weighted by atomic mass is 19.1. The molecule has 0 aliphatic heterocycles. The molecule has 8 heteroatoms. The van der Waals surface area contributed by atoms with Crippen LogP contribution >= 0.6 is 0 Å². The largest absolute Gasteiger partial charge is 0.324 e. The third-order valence-corrected chi connectivity index (χ3v) is 3.32. The van der Waals surface area contributed by atoms with Gasteiger partial charge in [0.15, 0.2) is 0 Å². The van der Waals surface area contributed by atoms with E-state index in [9.17, 15) is 18.0 Å². The van der Waals surface area contributed by atoms with E-state index in [1.807, 2.05) is 0 Å². The van der Waals surface area contributed by atoms with Gasteiger partial charge >= 0.3 is 6.03 Å². The average Bonchev–Trinajstić information content (AvgIpc) is 2.91. The SMILES string of the molecule is Cc1cc(NC(=O)Nc2ccc(F)cc2F)n(-c2ccc(F)cc2)n1. The van der Waals surface area contributed by atoms with Crippen LogP contribution in [-0.2, 0) is 0 Å². The van der Waals surface area contributed by atoms with Crippen LogP contribution in [0.5, 0.6) is 0 Å².